The van der Waals surface area contributed by atoms with Gasteiger partial charge in [-0.15, -0.1) is 0 Å². The summed E-state index contributed by atoms with van der Waals surface area (Å²) in [5, 5.41) is 10.5. The van der Waals surface area contributed by atoms with Gasteiger partial charge in [0.05, 0.1) is 17.6 Å². The Labute approximate surface area is 98.5 Å². The van der Waals surface area contributed by atoms with Crippen LogP contribution in [0.2, 0.25) is 0 Å². The average Bonchev–Trinajstić information content (AvgIpc) is 2.28. The van der Waals surface area contributed by atoms with Gasteiger partial charge in [-0.1, -0.05) is 0 Å². The van der Waals surface area contributed by atoms with Gasteiger partial charge in [-0.2, -0.15) is 4.39 Å². The van der Waals surface area contributed by atoms with E-state index in [1.54, 1.807) is 0 Å². The third-order valence-electron chi connectivity index (χ3n) is 1.85. The Morgan fingerprint density at radius 3 is 2.67 bits per heavy atom. The molecule has 0 aliphatic carbocycles. The monoisotopic (exact) mass is 264 g/mol. The molecule has 0 aromatic carbocycles. The van der Waals surface area contributed by atoms with E-state index in [4.69, 9.17) is 0 Å². The summed E-state index contributed by atoms with van der Waals surface area (Å²) < 4.78 is 42.6. The largest absolute Gasteiger partial charge is 0.461 e. The molecular weight excluding hydrogens is 257 g/mol. The Morgan fingerprint density at radius 2 is 2.22 bits per heavy atom. The summed E-state index contributed by atoms with van der Waals surface area (Å²) in [5.74, 6) is -2.90. The van der Waals surface area contributed by atoms with Gasteiger partial charge in [0.2, 0.25) is 5.82 Å². The highest BCUT2D eigenvalue weighted by molar-refractivity contribution is 5.88. The number of aromatic nitrogens is 1. The number of halogens is 3. The zero-order valence-corrected chi connectivity index (χ0v) is 9.02. The molecule has 1 rings (SSSR count). The SMILES string of the molecule is CCOC(=O)c1cc([N+](=O)[O-])c(F)c(C(F)F)n1. The molecule has 1 aromatic heterocycles. The maximum atomic E-state index is 13.3. The predicted octanol–water partition coefficient (Wildman–Crippen LogP) is 2.24. The topological polar surface area (TPSA) is 82.3 Å². The minimum Gasteiger partial charge on any atom is -0.461 e. The summed E-state index contributed by atoms with van der Waals surface area (Å²) in [6, 6.07) is 0.458. The second-order valence-corrected chi connectivity index (χ2v) is 3.00. The number of hydrogen-bond donors (Lipinski definition) is 0. The normalized spacial score (nSPS) is 10.5. The molecule has 0 bridgehead atoms. The number of nitro groups is 1. The molecule has 1 heterocycles. The lowest BCUT2D eigenvalue weighted by molar-refractivity contribution is -0.387. The minimum absolute atomic E-state index is 0.0737. The first-order valence-electron chi connectivity index (χ1n) is 4.68. The van der Waals surface area contributed by atoms with E-state index in [0.717, 1.165) is 0 Å². The van der Waals surface area contributed by atoms with Gasteiger partial charge in [0.15, 0.2) is 11.4 Å². The van der Waals surface area contributed by atoms with Gasteiger partial charge in [0, 0.05) is 0 Å². The lowest BCUT2D eigenvalue weighted by atomic mass is 10.2. The van der Waals surface area contributed by atoms with Crippen LogP contribution in [0.4, 0.5) is 18.9 Å². The number of rotatable bonds is 4. The summed E-state index contributed by atoms with van der Waals surface area (Å²) in [6.07, 6.45) is -3.38. The van der Waals surface area contributed by atoms with Crippen LogP contribution in [0.3, 0.4) is 0 Å². The van der Waals surface area contributed by atoms with Crippen molar-refractivity contribution < 1.29 is 27.6 Å². The van der Waals surface area contributed by atoms with E-state index in [2.05, 4.69) is 9.72 Å². The molecule has 0 aliphatic rings. The molecule has 0 saturated carbocycles. The Kier molecular flexibility index (Phi) is 4.18. The number of pyridine rings is 1. The Morgan fingerprint density at radius 1 is 1.61 bits per heavy atom. The fraction of sp³-hybridized carbons (Fsp3) is 0.333. The second-order valence-electron chi connectivity index (χ2n) is 3.00. The van der Waals surface area contributed by atoms with Crippen molar-refractivity contribution in [3.63, 3.8) is 0 Å². The van der Waals surface area contributed by atoms with E-state index in [0.29, 0.717) is 6.07 Å². The summed E-state index contributed by atoms with van der Waals surface area (Å²) in [7, 11) is 0. The fourth-order valence-electron chi connectivity index (χ4n) is 1.12. The van der Waals surface area contributed by atoms with Gasteiger partial charge < -0.3 is 4.74 Å². The molecule has 0 saturated heterocycles. The molecule has 6 nitrogen and oxygen atoms in total. The van der Waals surface area contributed by atoms with Crippen molar-refractivity contribution in [2.45, 2.75) is 13.3 Å². The van der Waals surface area contributed by atoms with Gasteiger partial charge in [-0.3, -0.25) is 10.1 Å². The van der Waals surface area contributed by atoms with Crippen molar-refractivity contribution in [3.8, 4) is 0 Å². The van der Waals surface area contributed by atoms with Crippen molar-refractivity contribution in [2.24, 2.45) is 0 Å². The molecule has 0 aliphatic heterocycles. The number of alkyl halides is 2. The van der Waals surface area contributed by atoms with Gasteiger partial charge in [0.1, 0.15) is 0 Å². The standard InChI is InChI=1S/C9H7F3N2O4/c1-2-18-9(15)4-3-5(14(16)17)6(10)7(13-4)8(11)12/h3,8H,2H2,1H3. The lowest BCUT2D eigenvalue weighted by Crippen LogP contribution is -2.12. The molecule has 0 N–H and O–H groups in total. The maximum Gasteiger partial charge on any atom is 0.357 e. The Balaban J connectivity index is 3.38. The number of hydrogen-bond acceptors (Lipinski definition) is 5. The van der Waals surface area contributed by atoms with Crippen molar-refractivity contribution in [3.05, 3.63) is 33.4 Å². The van der Waals surface area contributed by atoms with E-state index in [1.165, 1.54) is 6.92 Å². The van der Waals surface area contributed by atoms with Crippen molar-refractivity contribution in [1.29, 1.82) is 0 Å². The highest BCUT2D eigenvalue weighted by Gasteiger charge is 2.28. The van der Waals surface area contributed by atoms with E-state index >= 15 is 0 Å². The van der Waals surface area contributed by atoms with Crippen LogP contribution in [0.25, 0.3) is 0 Å². The van der Waals surface area contributed by atoms with E-state index < -0.39 is 40.2 Å². The van der Waals surface area contributed by atoms with Crippen LogP contribution >= 0.6 is 0 Å². The highest BCUT2D eigenvalue weighted by atomic mass is 19.3. The summed E-state index contributed by atoms with van der Waals surface area (Å²) in [5.41, 5.74) is -3.43. The average molecular weight is 264 g/mol. The lowest BCUT2D eigenvalue weighted by Gasteiger charge is -2.05. The summed E-state index contributed by atoms with van der Waals surface area (Å²) in [6.45, 7) is 1.37. The van der Waals surface area contributed by atoms with Crippen LogP contribution in [0.15, 0.2) is 6.07 Å². The minimum atomic E-state index is -3.38. The van der Waals surface area contributed by atoms with Crippen molar-refractivity contribution in [1.82, 2.24) is 4.98 Å². The molecule has 98 valence electrons. The molecule has 0 atom stereocenters. The van der Waals surface area contributed by atoms with Gasteiger partial charge in [-0.25, -0.2) is 18.6 Å². The summed E-state index contributed by atoms with van der Waals surface area (Å²) >= 11 is 0. The third kappa shape index (κ3) is 2.73. The molecular formula is C9H7F3N2O4. The van der Waals surface area contributed by atoms with Crippen molar-refractivity contribution in [2.75, 3.05) is 6.61 Å². The molecule has 0 radical (unpaired) electrons. The molecule has 18 heavy (non-hydrogen) atoms. The zero-order valence-electron chi connectivity index (χ0n) is 9.02. The van der Waals surface area contributed by atoms with E-state index in [1.807, 2.05) is 0 Å². The molecule has 0 amide bonds. The van der Waals surface area contributed by atoms with Crippen LogP contribution < -0.4 is 0 Å². The van der Waals surface area contributed by atoms with Gasteiger partial charge in [-0.05, 0) is 6.92 Å². The Bertz CT molecular complexity index is 493. The molecule has 0 fully saturated rings. The first-order chi connectivity index (χ1) is 8.38. The Hall–Kier alpha value is -2.19. The first kappa shape index (κ1) is 13.9. The quantitative estimate of drug-likeness (QED) is 0.473. The van der Waals surface area contributed by atoms with Crippen LogP contribution in [0, 0.1) is 15.9 Å². The molecule has 9 heteroatoms. The van der Waals surface area contributed by atoms with Gasteiger partial charge in [0.25, 0.3) is 6.43 Å². The second kappa shape index (κ2) is 5.43. The predicted molar refractivity (Wildman–Crippen MR) is 51.8 cm³/mol. The smallest absolute Gasteiger partial charge is 0.357 e. The molecule has 1 aromatic rings. The van der Waals surface area contributed by atoms with Crippen LogP contribution in [-0.2, 0) is 4.74 Å². The van der Waals surface area contributed by atoms with Crippen LogP contribution in [0.5, 0.6) is 0 Å². The number of ether oxygens (including phenoxy) is 1. The molecule has 0 unspecified atom stereocenters. The van der Waals surface area contributed by atoms with E-state index in [9.17, 15) is 28.1 Å². The fourth-order valence-corrected chi connectivity index (χ4v) is 1.12. The first-order valence-corrected chi connectivity index (χ1v) is 4.68. The van der Waals surface area contributed by atoms with Crippen molar-refractivity contribution >= 4 is 11.7 Å². The number of nitrogens with zero attached hydrogens (tertiary/aromatic N) is 2. The number of carbonyl (C=O) groups excluding carboxylic acids is 1. The highest BCUT2D eigenvalue weighted by Crippen LogP contribution is 2.27. The third-order valence-corrected chi connectivity index (χ3v) is 1.85. The van der Waals surface area contributed by atoms with Crippen LogP contribution in [0.1, 0.15) is 29.5 Å². The zero-order chi connectivity index (χ0) is 13.9. The number of esters is 1. The van der Waals surface area contributed by atoms with E-state index in [-0.39, 0.29) is 6.61 Å². The number of carbonyl (C=O) groups is 1. The summed E-state index contributed by atoms with van der Waals surface area (Å²) in [4.78, 5) is 23.5. The molecule has 0 spiro atoms. The van der Waals surface area contributed by atoms with Crippen LogP contribution in [-0.4, -0.2) is 22.5 Å². The van der Waals surface area contributed by atoms with Gasteiger partial charge >= 0.3 is 11.7 Å². The maximum absolute atomic E-state index is 13.3.